The number of rotatable bonds is 4. The van der Waals surface area contributed by atoms with Gasteiger partial charge in [0.05, 0.1) is 0 Å². The number of benzene rings is 1. The molecule has 1 aromatic rings. The number of sulfonamides is 1. The van der Waals surface area contributed by atoms with Gasteiger partial charge in [0.15, 0.2) is 0 Å². The molecule has 0 radical (unpaired) electrons. The second kappa shape index (κ2) is 6.10. The molecule has 1 aliphatic carbocycles. The van der Waals surface area contributed by atoms with Gasteiger partial charge in [-0.1, -0.05) is 19.8 Å². The van der Waals surface area contributed by atoms with Crippen LogP contribution in [-0.2, 0) is 10.0 Å². The molecule has 0 aliphatic heterocycles. The third kappa shape index (κ3) is 3.70. The van der Waals surface area contributed by atoms with E-state index in [1.165, 1.54) is 18.6 Å². The minimum absolute atomic E-state index is 0.211. The smallest absolute Gasteiger partial charge is 0.243 e. The summed E-state index contributed by atoms with van der Waals surface area (Å²) in [5.41, 5.74) is 5.63. The topological polar surface area (TPSA) is 72.2 Å². The van der Waals surface area contributed by atoms with Gasteiger partial charge in [0, 0.05) is 12.2 Å². The molecule has 0 saturated heterocycles. The predicted octanol–water partition coefficient (Wildman–Crippen LogP) is 2.51. The van der Waals surface area contributed by atoms with Crippen LogP contribution in [0.4, 0.5) is 10.1 Å². The summed E-state index contributed by atoms with van der Waals surface area (Å²) >= 11 is 0. The maximum atomic E-state index is 13.7. The van der Waals surface area contributed by atoms with Crippen LogP contribution in [0.5, 0.6) is 0 Å². The molecule has 2 rings (SSSR count). The molecule has 4 nitrogen and oxygen atoms in total. The van der Waals surface area contributed by atoms with Crippen LogP contribution in [0.3, 0.4) is 0 Å². The van der Waals surface area contributed by atoms with Crippen LogP contribution in [-0.4, -0.2) is 15.0 Å². The Labute approximate surface area is 119 Å². The minimum Gasteiger partial charge on any atom is -0.399 e. The fraction of sp³-hybridized carbons (Fsp3) is 0.571. The molecule has 2 atom stereocenters. The molecular formula is C14H21FN2O2S. The highest BCUT2D eigenvalue weighted by atomic mass is 32.2. The van der Waals surface area contributed by atoms with Crippen molar-refractivity contribution in [3.63, 3.8) is 0 Å². The van der Waals surface area contributed by atoms with Crippen molar-refractivity contribution in [2.45, 2.75) is 37.5 Å². The van der Waals surface area contributed by atoms with E-state index in [2.05, 4.69) is 11.6 Å². The number of halogens is 1. The molecule has 112 valence electrons. The summed E-state index contributed by atoms with van der Waals surface area (Å²) in [5.74, 6) is 0.159. The molecule has 0 aromatic heterocycles. The average molecular weight is 300 g/mol. The van der Waals surface area contributed by atoms with Crippen LogP contribution in [0.2, 0.25) is 0 Å². The summed E-state index contributed by atoms with van der Waals surface area (Å²) in [7, 11) is -3.81. The van der Waals surface area contributed by atoms with Crippen molar-refractivity contribution in [1.29, 1.82) is 0 Å². The Bertz CT molecular complexity index is 575. The van der Waals surface area contributed by atoms with E-state index in [1.807, 2.05) is 0 Å². The largest absolute Gasteiger partial charge is 0.399 e. The standard InChI is InChI=1S/C14H21FN2O2S/c1-10-3-2-4-11(7-10)9-17-20(18,19)14-6-5-12(16)8-13(14)15/h5-6,8,10-11,17H,2-4,7,9,16H2,1H3. The normalized spacial score (nSPS) is 23.7. The van der Waals surface area contributed by atoms with E-state index in [0.29, 0.717) is 18.4 Å². The van der Waals surface area contributed by atoms with Crippen LogP contribution in [0.25, 0.3) is 0 Å². The van der Waals surface area contributed by atoms with E-state index in [-0.39, 0.29) is 10.6 Å². The first-order chi connectivity index (χ1) is 9.38. The molecule has 0 amide bonds. The maximum absolute atomic E-state index is 13.7. The summed E-state index contributed by atoms with van der Waals surface area (Å²) in [6.45, 7) is 2.55. The number of nitrogens with two attached hydrogens (primary N) is 1. The number of anilines is 1. The molecule has 6 heteroatoms. The monoisotopic (exact) mass is 300 g/mol. The number of nitrogen functional groups attached to an aromatic ring is 1. The third-order valence-corrected chi connectivity index (χ3v) is 5.31. The van der Waals surface area contributed by atoms with Crippen molar-refractivity contribution in [3.05, 3.63) is 24.0 Å². The summed E-state index contributed by atoms with van der Waals surface area (Å²) in [5, 5.41) is 0. The van der Waals surface area contributed by atoms with Crippen molar-refractivity contribution in [2.24, 2.45) is 11.8 Å². The number of nitrogens with one attached hydrogen (secondary N) is 1. The Morgan fingerprint density at radius 3 is 2.80 bits per heavy atom. The van der Waals surface area contributed by atoms with Gasteiger partial charge in [0.2, 0.25) is 10.0 Å². The molecule has 0 bridgehead atoms. The molecule has 20 heavy (non-hydrogen) atoms. The van der Waals surface area contributed by atoms with Crippen LogP contribution < -0.4 is 10.5 Å². The predicted molar refractivity (Wildman–Crippen MR) is 77.1 cm³/mol. The van der Waals surface area contributed by atoms with Crippen LogP contribution in [0.15, 0.2) is 23.1 Å². The lowest BCUT2D eigenvalue weighted by atomic mass is 9.83. The lowest BCUT2D eigenvalue weighted by molar-refractivity contribution is 0.283. The van der Waals surface area contributed by atoms with Gasteiger partial charge in [0.1, 0.15) is 10.7 Å². The fourth-order valence-electron chi connectivity index (χ4n) is 2.79. The number of hydrogen-bond acceptors (Lipinski definition) is 3. The zero-order valence-corrected chi connectivity index (χ0v) is 12.4. The van der Waals surface area contributed by atoms with Gasteiger partial charge in [0.25, 0.3) is 0 Å². The fourth-order valence-corrected chi connectivity index (χ4v) is 3.96. The SMILES string of the molecule is CC1CCCC(CNS(=O)(=O)c2ccc(N)cc2F)C1. The summed E-state index contributed by atoms with van der Waals surface area (Å²) in [4.78, 5) is -0.337. The van der Waals surface area contributed by atoms with Gasteiger partial charge in [-0.3, -0.25) is 0 Å². The summed E-state index contributed by atoms with van der Waals surface area (Å²) < 4.78 is 40.4. The lowest BCUT2D eigenvalue weighted by Gasteiger charge is -2.26. The van der Waals surface area contributed by atoms with E-state index >= 15 is 0 Å². The Kier molecular flexibility index (Phi) is 4.65. The van der Waals surface area contributed by atoms with Crippen molar-refractivity contribution >= 4 is 15.7 Å². The second-order valence-electron chi connectivity index (χ2n) is 5.68. The molecular weight excluding hydrogens is 279 g/mol. The van der Waals surface area contributed by atoms with Gasteiger partial charge >= 0.3 is 0 Å². The van der Waals surface area contributed by atoms with E-state index in [4.69, 9.17) is 5.73 Å². The number of hydrogen-bond donors (Lipinski definition) is 2. The molecule has 3 N–H and O–H groups in total. The Morgan fingerprint density at radius 2 is 2.15 bits per heavy atom. The zero-order valence-electron chi connectivity index (χ0n) is 11.6. The second-order valence-corrected chi connectivity index (χ2v) is 7.41. The van der Waals surface area contributed by atoms with Gasteiger partial charge in [-0.2, -0.15) is 0 Å². The highest BCUT2D eigenvalue weighted by Gasteiger charge is 2.23. The van der Waals surface area contributed by atoms with Crippen molar-refractivity contribution in [2.75, 3.05) is 12.3 Å². The molecule has 1 fully saturated rings. The van der Waals surface area contributed by atoms with Crippen LogP contribution in [0.1, 0.15) is 32.6 Å². The minimum atomic E-state index is -3.81. The van der Waals surface area contributed by atoms with Crippen LogP contribution >= 0.6 is 0 Å². The maximum Gasteiger partial charge on any atom is 0.243 e. The molecule has 0 spiro atoms. The van der Waals surface area contributed by atoms with E-state index in [1.54, 1.807) is 0 Å². The first-order valence-corrected chi connectivity index (χ1v) is 8.41. The summed E-state index contributed by atoms with van der Waals surface area (Å²) in [6, 6.07) is 3.62. The zero-order chi connectivity index (χ0) is 14.8. The first-order valence-electron chi connectivity index (χ1n) is 6.93. The molecule has 1 saturated carbocycles. The molecule has 1 aromatic carbocycles. The third-order valence-electron chi connectivity index (χ3n) is 3.85. The highest BCUT2D eigenvalue weighted by Crippen LogP contribution is 2.28. The molecule has 0 heterocycles. The highest BCUT2D eigenvalue weighted by molar-refractivity contribution is 7.89. The molecule has 1 aliphatic rings. The lowest BCUT2D eigenvalue weighted by Crippen LogP contribution is -2.32. The quantitative estimate of drug-likeness (QED) is 0.839. The van der Waals surface area contributed by atoms with Gasteiger partial charge in [-0.25, -0.2) is 17.5 Å². The van der Waals surface area contributed by atoms with E-state index < -0.39 is 15.8 Å². The Balaban J connectivity index is 2.03. The van der Waals surface area contributed by atoms with Crippen molar-refractivity contribution in [3.8, 4) is 0 Å². The van der Waals surface area contributed by atoms with E-state index in [0.717, 1.165) is 25.3 Å². The van der Waals surface area contributed by atoms with Gasteiger partial charge < -0.3 is 5.73 Å². The van der Waals surface area contributed by atoms with Crippen molar-refractivity contribution < 1.29 is 12.8 Å². The van der Waals surface area contributed by atoms with Gasteiger partial charge in [-0.15, -0.1) is 0 Å². The average Bonchev–Trinajstić information content (AvgIpc) is 2.36. The Hall–Kier alpha value is -1.14. The van der Waals surface area contributed by atoms with Gasteiger partial charge in [-0.05, 0) is 42.9 Å². The first kappa shape index (κ1) is 15.3. The van der Waals surface area contributed by atoms with Crippen molar-refractivity contribution in [1.82, 2.24) is 4.72 Å². The summed E-state index contributed by atoms with van der Waals surface area (Å²) in [6.07, 6.45) is 4.38. The van der Waals surface area contributed by atoms with Crippen LogP contribution in [0, 0.1) is 17.7 Å². The molecule has 2 unspecified atom stereocenters. The van der Waals surface area contributed by atoms with E-state index in [9.17, 15) is 12.8 Å². The Morgan fingerprint density at radius 1 is 1.40 bits per heavy atom.